The number of anilines is 1. The van der Waals surface area contributed by atoms with Crippen molar-refractivity contribution in [2.24, 2.45) is 5.73 Å². The summed E-state index contributed by atoms with van der Waals surface area (Å²) in [6.07, 6.45) is 0. The minimum atomic E-state index is -0.753. The number of thiocarbonyl (C=S) groups is 1. The molecule has 0 saturated heterocycles. The molecule has 0 amide bonds. The molecule has 2 rings (SSSR count). The van der Waals surface area contributed by atoms with E-state index in [1.807, 2.05) is 6.07 Å². The second-order valence-corrected chi connectivity index (χ2v) is 5.41. The molecule has 0 spiro atoms. The molecule has 110 valence electrons. The fourth-order valence-corrected chi connectivity index (χ4v) is 2.39. The lowest BCUT2D eigenvalue weighted by Crippen LogP contribution is -2.14. The molecule has 2 aromatic carbocycles. The van der Waals surface area contributed by atoms with Crippen LogP contribution in [-0.4, -0.2) is 4.99 Å². The number of halogens is 3. The lowest BCUT2D eigenvalue weighted by molar-refractivity contribution is 0.584. The van der Waals surface area contributed by atoms with Crippen molar-refractivity contribution in [1.82, 2.24) is 0 Å². The summed E-state index contributed by atoms with van der Waals surface area (Å²) >= 11 is 10.8. The Morgan fingerprint density at radius 2 is 1.81 bits per heavy atom. The van der Waals surface area contributed by atoms with E-state index in [1.54, 1.807) is 25.1 Å². The van der Waals surface area contributed by atoms with Crippen LogP contribution in [0.2, 0.25) is 5.02 Å². The Morgan fingerprint density at radius 3 is 2.33 bits per heavy atom. The minimum Gasteiger partial charge on any atom is -0.389 e. The lowest BCUT2D eigenvalue weighted by Gasteiger charge is -2.18. The first-order valence-electron chi connectivity index (χ1n) is 6.20. The average Bonchev–Trinajstić information content (AvgIpc) is 2.42. The fraction of sp³-hybridized carbons (Fsp3) is 0.133. The number of benzene rings is 2. The van der Waals surface area contributed by atoms with Gasteiger partial charge in [0.05, 0.1) is 6.04 Å². The second-order valence-electron chi connectivity index (χ2n) is 4.57. The number of nitrogens with two attached hydrogens (primary N) is 1. The van der Waals surface area contributed by atoms with E-state index in [9.17, 15) is 8.78 Å². The highest BCUT2D eigenvalue weighted by molar-refractivity contribution is 7.80. The first-order valence-corrected chi connectivity index (χ1v) is 6.98. The maximum atomic E-state index is 14.0. The molecule has 1 unspecified atom stereocenters. The molecule has 21 heavy (non-hydrogen) atoms. The van der Waals surface area contributed by atoms with Gasteiger partial charge in [-0.3, -0.25) is 0 Å². The van der Waals surface area contributed by atoms with Crippen LogP contribution in [0.5, 0.6) is 0 Å². The third kappa shape index (κ3) is 3.49. The molecule has 0 aliphatic carbocycles. The standard InChI is InChI=1S/C15H13ClF2N2S/c1-8(10-4-2-3-5-11(10)16)20-14-12(17)6-9(15(19)21)7-13(14)18/h2-8,20H,1H3,(H2,19,21). The van der Waals surface area contributed by atoms with Gasteiger partial charge in [-0.1, -0.05) is 42.0 Å². The van der Waals surface area contributed by atoms with E-state index in [-0.39, 0.29) is 22.3 Å². The van der Waals surface area contributed by atoms with Crippen molar-refractivity contribution >= 4 is 34.5 Å². The van der Waals surface area contributed by atoms with Crippen LogP contribution in [0.4, 0.5) is 14.5 Å². The molecule has 0 radical (unpaired) electrons. The van der Waals surface area contributed by atoms with Crippen molar-refractivity contribution in [1.29, 1.82) is 0 Å². The smallest absolute Gasteiger partial charge is 0.150 e. The zero-order chi connectivity index (χ0) is 15.6. The zero-order valence-corrected chi connectivity index (χ0v) is 12.7. The van der Waals surface area contributed by atoms with Crippen LogP contribution in [-0.2, 0) is 0 Å². The summed E-state index contributed by atoms with van der Waals surface area (Å²) in [5, 5.41) is 3.31. The number of nitrogens with one attached hydrogen (secondary N) is 1. The van der Waals surface area contributed by atoms with Crippen molar-refractivity contribution in [2.45, 2.75) is 13.0 Å². The van der Waals surface area contributed by atoms with Crippen LogP contribution >= 0.6 is 23.8 Å². The normalized spacial score (nSPS) is 12.0. The van der Waals surface area contributed by atoms with Crippen molar-refractivity contribution in [3.63, 3.8) is 0 Å². The van der Waals surface area contributed by atoms with Crippen molar-refractivity contribution in [3.8, 4) is 0 Å². The van der Waals surface area contributed by atoms with E-state index in [0.717, 1.165) is 17.7 Å². The summed E-state index contributed by atoms with van der Waals surface area (Å²) in [5.74, 6) is -1.51. The number of hydrogen-bond acceptors (Lipinski definition) is 2. The van der Waals surface area contributed by atoms with Crippen molar-refractivity contribution < 1.29 is 8.78 Å². The van der Waals surface area contributed by atoms with E-state index in [2.05, 4.69) is 5.32 Å². The van der Waals surface area contributed by atoms with Crippen LogP contribution in [0.3, 0.4) is 0 Å². The Kier molecular flexibility index (Phi) is 4.75. The predicted octanol–water partition coefficient (Wildman–Crippen LogP) is 4.43. The molecule has 0 aliphatic rings. The monoisotopic (exact) mass is 326 g/mol. The molecule has 2 aromatic rings. The third-order valence-electron chi connectivity index (χ3n) is 3.06. The van der Waals surface area contributed by atoms with Crippen LogP contribution in [0.1, 0.15) is 24.1 Å². The topological polar surface area (TPSA) is 38.0 Å². The molecule has 3 N–H and O–H groups in total. The number of hydrogen-bond donors (Lipinski definition) is 2. The highest BCUT2D eigenvalue weighted by Crippen LogP contribution is 2.29. The fourth-order valence-electron chi connectivity index (χ4n) is 1.97. The van der Waals surface area contributed by atoms with Gasteiger partial charge in [0.15, 0.2) is 0 Å². The van der Waals surface area contributed by atoms with Gasteiger partial charge in [-0.25, -0.2) is 8.78 Å². The van der Waals surface area contributed by atoms with Crippen LogP contribution in [0.25, 0.3) is 0 Å². The average molecular weight is 327 g/mol. The molecular formula is C15H13ClF2N2S. The molecule has 0 fully saturated rings. The van der Waals surface area contributed by atoms with Gasteiger partial charge in [0, 0.05) is 10.6 Å². The first kappa shape index (κ1) is 15.7. The van der Waals surface area contributed by atoms with Gasteiger partial charge in [-0.05, 0) is 30.7 Å². The van der Waals surface area contributed by atoms with Crippen LogP contribution in [0.15, 0.2) is 36.4 Å². The Balaban J connectivity index is 2.32. The van der Waals surface area contributed by atoms with E-state index in [0.29, 0.717) is 5.02 Å². The van der Waals surface area contributed by atoms with Gasteiger partial charge in [-0.2, -0.15) is 0 Å². The summed E-state index contributed by atoms with van der Waals surface area (Å²) in [5.41, 5.74) is 6.04. The maximum absolute atomic E-state index is 14.0. The lowest BCUT2D eigenvalue weighted by atomic mass is 10.1. The second kappa shape index (κ2) is 6.37. The Hall–Kier alpha value is -1.72. The summed E-state index contributed by atoms with van der Waals surface area (Å²) < 4.78 is 28.0. The summed E-state index contributed by atoms with van der Waals surface area (Å²) in [6, 6.07) is 8.95. The van der Waals surface area contributed by atoms with E-state index in [1.165, 1.54) is 0 Å². The molecule has 0 aromatic heterocycles. The van der Waals surface area contributed by atoms with Gasteiger partial charge >= 0.3 is 0 Å². The van der Waals surface area contributed by atoms with Gasteiger partial charge in [-0.15, -0.1) is 0 Å². The summed E-state index contributed by atoms with van der Waals surface area (Å²) in [6.45, 7) is 1.77. The summed E-state index contributed by atoms with van der Waals surface area (Å²) in [7, 11) is 0. The highest BCUT2D eigenvalue weighted by atomic mass is 35.5. The minimum absolute atomic E-state index is 0.0569. The molecule has 2 nitrogen and oxygen atoms in total. The Morgan fingerprint density at radius 1 is 1.24 bits per heavy atom. The molecular weight excluding hydrogens is 314 g/mol. The predicted molar refractivity (Wildman–Crippen MR) is 85.7 cm³/mol. The van der Waals surface area contributed by atoms with Gasteiger partial charge in [0.1, 0.15) is 22.3 Å². The van der Waals surface area contributed by atoms with Gasteiger partial charge in [0.2, 0.25) is 0 Å². The highest BCUT2D eigenvalue weighted by Gasteiger charge is 2.16. The molecule has 1 atom stereocenters. The maximum Gasteiger partial charge on any atom is 0.150 e. The van der Waals surface area contributed by atoms with E-state index >= 15 is 0 Å². The third-order valence-corrected chi connectivity index (χ3v) is 3.64. The van der Waals surface area contributed by atoms with Crippen LogP contribution < -0.4 is 11.1 Å². The molecule has 6 heteroatoms. The first-order chi connectivity index (χ1) is 9.90. The van der Waals surface area contributed by atoms with Gasteiger partial charge in [0.25, 0.3) is 0 Å². The Labute approximate surface area is 131 Å². The Bertz CT molecular complexity index is 668. The van der Waals surface area contributed by atoms with Gasteiger partial charge < -0.3 is 11.1 Å². The SMILES string of the molecule is CC(Nc1c(F)cc(C(N)=S)cc1F)c1ccccc1Cl. The quantitative estimate of drug-likeness (QED) is 0.816. The summed E-state index contributed by atoms with van der Waals surface area (Å²) in [4.78, 5) is -0.0569. The van der Waals surface area contributed by atoms with Crippen molar-refractivity contribution in [3.05, 3.63) is 64.2 Å². The van der Waals surface area contributed by atoms with E-state index in [4.69, 9.17) is 29.6 Å². The van der Waals surface area contributed by atoms with Crippen LogP contribution in [0, 0.1) is 11.6 Å². The molecule has 0 bridgehead atoms. The van der Waals surface area contributed by atoms with Crippen molar-refractivity contribution in [2.75, 3.05) is 5.32 Å². The van der Waals surface area contributed by atoms with E-state index < -0.39 is 11.6 Å². The molecule has 0 heterocycles. The molecule has 0 aliphatic heterocycles. The zero-order valence-electron chi connectivity index (χ0n) is 11.2. The number of rotatable bonds is 4. The molecule has 0 saturated carbocycles. The largest absolute Gasteiger partial charge is 0.389 e.